The molecule has 2 aromatic heterocycles. The number of pyridine rings is 1. The van der Waals surface area contributed by atoms with Gasteiger partial charge in [-0.25, -0.2) is 4.98 Å². The Morgan fingerprint density at radius 2 is 2.29 bits per heavy atom. The van der Waals surface area contributed by atoms with Crippen molar-refractivity contribution in [3.63, 3.8) is 0 Å². The molecule has 2 rings (SSSR count). The van der Waals surface area contributed by atoms with Crippen molar-refractivity contribution in [1.82, 2.24) is 10.3 Å². The minimum atomic E-state index is -0.323. The maximum atomic E-state index is 11.8. The topological polar surface area (TPSA) is 55.1 Å². The molecule has 0 saturated carbocycles. The Bertz CT molecular complexity index is 526. The monoisotopic (exact) mass is 270 g/mol. The summed E-state index contributed by atoms with van der Waals surface area (Å²) in [7, 11) is 0. The van der Waals surface area contributed by atoms with E-state index in [1.54, 1.807) is 12.1 Å². The van der Waals surface area contributed by atoms with Gasteiger partial charge in [-0.2, -0.15) is 0 Å². The van der Waals surface area contributed by atoms with E-state index in [2.05, 4.69) is 10.3 Å². The molecule has 1 amide bonds. The molecule has 6 heteroatoms. The second-order valence-corrected chi connectivity index (χ2v) is 4.04. The van der Waals surface area contributed by atoms with Crippen molar-refractivity contribution in [3.05, 3.63) is 52.2 Å². The zero-order valence-corrected chi connectivity index (χ0v) is 10.1. The van der Waals surface area contributed by atoms with E-state index in [1.807, 2.05) is 0 Å². The van der Waals surface area contributed by atoms with Crippen molar-refractivity contribution in [3.8, 4) is 0 Å². The number of nitrogens with zero attached hydrogens (tertiary/aromatic N) is 1. The summed E-state index contributed by atoms with van der Waals surface area (Å²) in [6.45, 7) is 0.294. The van der Waals surface area contributed by atoms with Gasteiger partial charge in [-0.05, 0) is 18.2 Å². The van der Waals surface area contributed by atoms with Crippen LogP contribution < -0.4 is 5.32 Å². The average molecular weight is 271 g/mol. The summed E-state index contributed by atoms with van der Waals surface area (Å²) in [4.78, 5) is 15.6. The molecular weight excluding hydrogens is 263 g/mol. The van der Waals surface area contributed by atoms with Crippen LogP contribution in [0.5, 0.6) is 0 Å². The van der Waals surface area contributed by atoms with E-state index in [9.17, 15) is 4.79 Å². The highest BCUT2D eigenvalue weighted by Crippen LogP contribution is 2.18. The molecule has 0 aromatic carbocycles. The summed E-state index contributed by atoms with van der Waals surface area (Å²) in [6.07, 6.45) is 2.88. The molecule has 0 spiro atoms. The Balaban J connectivity index is 2.07. The Labute approximate surface area is 108 Å². The number of amides is 1. The Hall–Kier alpha value is -1.52. The van der Waals surface area contributed by atoms with E-state index in [4.69, 9.17) is 27.6 Å². The standard InChI is InChI=1S/C11H8Cl2N2O2/c12-9-6-14-10(13)4-8(9)11(16)15-5-7-2-1-3-17-7/h1-4,6H,5H2,(H,15,16). The second-order valence-electron chi connectivity index (χ2n) is 3.25. The van der Waals surface area contributed by atoms with Gasteiger partial charge in [-0.1, -0.05) is 23.2 Å². The number of carbonyl (C=O) groups excluding carboxylic acids is 1. The highest BCUT2D eigenvalue weighted by molar-refractivity contribution is 6.35. The number of aromatic nitrogens is 1. The van der Waals surface area contributed by atoms with Crippen LogP contribution in [0.4, 0.5) is 0 Å². The first-order chi connectivity index (χ1) is 8.16. The minimum absolute atomic E-state index is 0.220. The van der Waals surface area contributed by atoms with E-state index in [0.717, 1.165) is 0 Å². The first-order valence-electron chi connectivity index (χ1n) is 4.78. The summed E-state index contributed by atoms with van der Waals surface area (Å²) >= 11 is 11.5. The number of rotatable bonds is 3. The molecule has 88 valence electrons. The predicted molar refractivity (Wildman–Crippen MR) is 64.1 cm³/mol. The summed E-state index contributed by atoms with van der Waals surface area (Å²) in [6, 6.07) is 4.93. The molecule has 0 unspecified atom stereocenters. The molecule has 0 saturated heterocycles. The molecule has 0 atom stereocenters. The normalized spacial score (nSPS) is 10.2. The summed E-state index contributed by atoms with van der Waals surface area (Å²) < 4.78 is 5.09. The summed E-state index contributed by atoms with van der Waals surface area (Å²) in [5.74, 6) is 0.338. The van der Waals surface area contributed by atoms with Gasteiger partial charge in [0, 0.05) is 6.20 Å². The van der Waals surface area contributed by atoms with E-state index in [1.165, 1.54) is 18.5 Å². The second kappa shape index (κ2) is 5.21. The van der Waals surface area contributed by atoms with Gasteiger partial charge in [0.15, 0.2) is 0 Å². The quantitative estimate of drug-likeness (QED) is 0.873. The van der Waals surface area contributed by atoms with Gasteiger partial charge >= 0.3 is 0 Å². The zero-order chi connectivity index (χ0) is 12.3. The maximum Gasteiger partial charge on any atom is 0.253 e. The third-order valence-electron chi connectivity index (χ3n) is 2.07. The number of carbonyl (C=O) groups is 1. The molecule has 17 heavy (non-hydrogen) atoms. The van der Waals surface area contributed by atoms with Gasteiger partial charge < -0.3 is 9.73 Å². The molecule has 0 bridgehead atoms. The summed E-state index contributed by atoms with van der Waals surface area (Å²) in [5, 5.41) is 3.14. The number of hydrogen-bond acceptors (Lipinski definition) is 3. The predicted octanol–water partition coefficient (Wildman–Crippen LogP) is 2.91. The fraction of sp³-hybridized carbons (Fsp3) is 0.0909. The van der Waals surface area contributed by atoms with E-state index in [-0.39, 0.29) is 16.1 Å². The molecule has 2 aromatic rings. The van der Waals surface area contributed by atoms with Crippen molar-refractivity contribution >= 4 is 29.1 Å². The lowest BCUT2D eigenvalue weighted by molar-refractivity contribution is 0.0948. The first kappa shape index (κ1) is 12.0. The van der Waals surface area contributed by atoms with Crippen LogP contribution in [0.2, 0.25) is 10.2 Å². The van der Waals surface area contributed by atoms with Crippen LogP contribution in [0.1, 0.15) is 16.1 Å². The number of halogens is 2. The van der Waals surface area contributed by atoms with Crippen molar-refractivity contribution in [1.29, 1.82) is 0 Å². The highest BCUT2D eigenvalue weighted by Gasteiger charge is 2.11. The van der Waals surface area contributed by atoms with Crippen molar-refractivity contribution < 1.29 is 9.21 Å². The lowest BCUT2D eigenvalue weighted by atomic mass is 10.2. The Kier molecular flexibility index (Phi) is 3.66. The van der Waals surface area contributed by atoms with Crippen molar-refractivity contribution in [2.75, 3.05) is 0 Å². The van der Waals surface area contributed by atoms with Crippen molar-refractivity contribution in [2.45, 2.75) is 6.54 Å². The van der Waals surface area contributed by atoms with E-state index >= 15 is 0 Å². The minimum Gasteiger partial charge on any atom is -0.467 e. The molecule has 2 heterocycles. The lowest BCUT2D eigenvalue weighted by Gasteiger charge is -2.05. The molecule has 0 aliphatic carbocycles. The van der Waals surface area contributed by atoms with Crippen molar-refractivity contribution in [2.24, 2.45) is 0 Å². The van der Waals surface area contributed by atoms with Gasteiger partial charge in [0.25, 0.3) is 5.91 Å². The van der Waals surface area contributed by atoms with Gasteiger partial charge in [-0.15, -0.1) is 0 Å². The molecule has 4 nitrogen and oxygen atoms in total. The third-order valence-corrected chi connectivity index (χ3v) is 2.58. The van der Waals surface area contributed by atoms with Crippen LogP contribution in [0.25, 0.3) is 0 Å². The van der Waals surface area contributed by atoms with Crippen LogP contribution in [0, 0.1) is 0 Å². The molecule has 1 N–H and O–H groups in total. The largest absolute Gasteiger partial charge is 0.467 e. The molecule has 0 fully saturated rings. The van der Waals surface area contributed by atoms with Crippen LogP contribution in [0.3, 0.4) is 0 Å². The van der Waals surface area contributed by atoms with Gasteiger partial charge in [0.1, 0.15) is 10.9 Å². The third kappa shape index (κ3) is 2.99. The van der Waals surface area contributed by atoms with Gasteiger partial charge in [0.05, 0.1) is 23.4 Å². The molecule has 0 aliphatic heterocycles. The zero-order valence-electron chi connectivity index (χ0n) is 8.61. The molecule has 0 radical (unpaired) electrons. The Morgan fingerprint density at radius 1 is 1.47 bits per heavy atom. The van der Waals surface area contributed by atoms with Crippen LogP contribution >= 0.6 is 23.2 Å². The van der Waals surface area contributed by atoms with Crippen LogP contribution in [0.15, 0.2) is 35.1 Å². The SMILES string of the molecule is O=C(NCc1ccco1)c1cc(Cl)ncc1Cl. The van der Waals surface area contributed by atoms with Gasteiger partial charge in [0.2, 0.25) is 0 Å². The number of furan rings is 1. The van der Waals surface area contributed by atoms with Gasteiger partial charge in [-0.3, -0.25) is 4.79 Å². The van der Waals surface area contributed by atoms with E-state index < -0.39 is 0 Å². The molecular formula is C11H8Cl2N2O2. The summed E-state index contributed by atoms with van der Waals surface area (Å²) in [5.41, 5.74) is 0.290. The van der Waals surface area contributed by atoms with Crippen LogP contribution in [-0.4, -0.2) is 10.9 Å². The lowest BCUT2D eigenvalue weighted by Crippen LogP contribution is -2.23. The maximum absolute atomic E-state index is 11.8. The molecule has 0 aliphatic rings. The van der Waals surface area contributed by atoms with Crippen LogP contribution in [-0.2, 0) is 6.54 Å². The fourth-order valence-electron chi connectivity index (χ4n) is 1.26. The Morgan fingerprint density at radius 3 is 3.00 bits per heavy atom. The average Bonchev–Trinajstić information content (AvgIpc) is 2.82. The fourth-order valence-corrected chi connectivity index (χ4v) is 1.61. The smallest absolute Gasteiger partial charge is 0.253 e. The first-order valence-corrected chi connectivity index (χ1v) is 5.54. The number of hydrogen-bond donors (Lipinski definition) is 1. The highest BCUT2D eigenvalue weighted by atomic mass is 35.5. The number of nitrogens with one attached hydrogen (secondary N) is 1. The van der Waals surface area contributed by atoms with E-state index in [0.29, 0.717) is 17.9 Å².